The van der Waals surface area contributed by atoms with E-state index in [2.05, 4.69) is 179 Å². The number of aliphatic hydroxyl groups is 2. The van der Waals surface area contributed by atoms with Gasteiger partial charge < -0.3 is 106 Å². The Balaban J connectivity index is 0.000000165. The third kappa shape index (κ3) is 16.1. The minimum absolute atomic E-state index is 0. The van der Waals surface area contributed by atoms with E-state index in [-0.39, 0.29) is 145 Å². The van der Waals surface area contributed by atoms with E-state index < -0.39 is 18.0 Å². The molecule has 10 aromatic heterocycles. The first-order valence-corrected chi connectivity index (χ1v) is 41.8. The summed E-state index contributed by atoms with van der Waals surface area (Å²) in [4.78, 5) is 145. The fraction of sp³-hybridized carbons (Fsp3) is 0.375. The summed E-state index contributed by atoms with van der Waals surface area (Å²) in [6.45, 7) is 1.68. The number of carbonyl (C=O) groups is 8. The molecular formula is C72H87BBr7N25O14+. The fourth-order valence-corrected chi connectivity index (χ4v) is 20.6. The van der Waals surface area contributed by atoms with Gasteiger partial charge in [-0.3, -0.25) is 47.4 Å². The molecule has 18 heterocycles. The van der Waals surface area contributed by atoms with Crippen LogP contribution in [0.25, 0.3) is 0 Å². The zero-order chi connectivity index (χ0) is 82.7. The molecule has 47 heteroatoms. The number of aromatic amines is 4. The lowest BCUT2D eigenvalue weighted by atomic mass is 10.1. The zero-order valence-corrected chi connectivity index (χ0v) is 74.0. The molecule has 119 heavy (non-hydrogen) atoms. The summed E-state index contributed by atoms with van der Waals surface area (Å²) in [5, 5.41) is 43.7. The van der Waals surface area contributed by atoms with Crippen LogP contribution in [-0.4, -0.2) is 223 Å². The predicted octanol–water partition coefficient (Wildman–Crippen LogP) is 4.25. The number of nitrogen functional groups attached to an aromatic ring is 1. The van der Waals surface area contributed by atoms with Crippen molar-refractivity contribution in [2.75, 3.05) is 39.5 Å². The van der Waals surface area contributed by atoms with Crippen molar-refractivity contribution in [1.82, 2.24) is 113 Å². The number of imidazole rings is 4. The van der Waals surface area contributed by atoms with Crippen molar-refractivity contribution in [3.05, 3.63) is 212 Å². The molecule has 2 saturated carbocycles. The van der Waals surface area contributed by atoms with Crippen molar-refractivity contribution in [2.45, 2.75) is 118 Å². The highest BCUT2D eigenvalue weighted by Gasteiger charge is 2.64. The second kappa shape index (κ2) is 34.8. The van der Waals surface area contributed by atoms with Gasteiger partial charge in [0.15, 0.2) is 17.7 Å². The lowest BCUT2D eigenvalue weighted by molar-refractivity contribution is -0.388. The van der Waals surface area contributed by atoms with Crippen LogP contribution in [0.5, 0.6) is 0 Å². The molecule has 8 aliphatic heterocycles. The topological polar surface area (TPSA) is 509 Å². The number of hydrogen-bond donors (Lipinski definition) is 15. The smallest absolute Gasteiger partial charge is 0.412 e. The van der Waals surface area contributed by atoms with Crippen LogP contribution in [0.15, 0.2) is 138 Å². The Hall–Kier alpha value is -9.75. The van der Waals surface area contributed by atoms with E-state index in [1.165, 1.54) is 9.47 Å². The quantitative estimate of drug-likeness (QED) is 0.0747. The molecule has 10 aromatic rings. The van der Waals surface area contributed by atoms with Gasteiger partial charge in [-0.25, -0.2) is 29.5 Å². The highest BCUT2D eigenvalue weighted by atomic mass is 79.9. The number of rotatable bonds is 8. The summed E-state index contributed by atoms with van der Waals surface area (Å²) >= 11 is 24.2. The lowest BCUT2D eigenvalue weighted by Gasteiger charge is -2.32. The summed E-state index contributed by atoms with van der Waals surface area (Å²) < 4.78 is 23.8. The average molecular weight is 2100 g/mol. The van der Waals surface area contributed by atoms with Crippen molar-refractivity contribution in [2.24, 2.45) is 21.1 Å². The molecular weight excluding hydrogens is 2010 g/mol. The molecule has 10 amide bonds. The third-order valence-electron chi connectivity index (χ3n) is 22.7. The van der Waals surface area contributed by atoms with Crippen molar-refractivity contribution >= 4 is 179 Å². The molecule has 2 aliphatic carbocycles. The van der Waals surface area contributed by atoms with Crippen LogP contribution in [0, 0.1) is 0 Å². The molecule has 12 atom stereocenters. The number of halogens is 7. The van der Waals surface area contributed by atoms with Gasteiger partial charge in [0.05, 0.1) is 93.7 Å². The van der Waals surface area contributed by atoms with E-state index in [0.29, 0.717) is 90.0 Å². The average Bonchev–Trinajstić information content (AvgIpc) is 1.55. The van der Waals surface area contributed by atoms with E-state index in [0.717, 1.165) is 68.8 Å². The van der Waals surface area contributed by atoms with Gasteiger partial charge in [-0.05, 0) is 178 Å². The molecule has 39 nitrogen and oxygen atoms in total. The predicted molar refractivity (Wildman–Crippen MR) is 464 cm³/mol. The maximum absolute atomic E-state index is 12.1. The first-order valence-electron chi connectivity index (χ1n) is 36.2. The Morgan fingerprint density at radius 3 is 1.42 bits per heavy atom. The van der Waals surface area contributed by atoms with E-state index in [1.807, 2.05) is 59.2 Å². The number of carbonyl (C=O) groups excluding carboxylic acids is 8. The lowest BCUT2D eigenvalue weighted by Crippen LogP contribution is -2.56. The van der Waals surface area contributed by atoms with E-state index in [1.54, 1.807) is 109 Å². The van der Waals surface area contributed by atoms with E-state index in [9.17, 15) is 63.0 Å². The number of fused-ring (bicyclic) bond motifs is 14. The van der Waals surface area contributed by atoms with Gasteiger partial charge >= 0.3 is 29.1 Å². The highest BCUT2D eigenvalue weighted by molar-refractivity contribution is 9.13. The number of nitrogens with two attached hydrogens (primary N) is 1. The summed E-state index contributed by atoms with van der Waals surface area (Å²) in [5.74, 6) is -0.381. The highest BCUT2D eigenvalue weighted by Crippen LogP contribution is 2.47. The number of urea groups is 2. The molecule has 20 rings (SSSR count). The van der Waals surface area contributed by atoms with Crippen molar-refractivity contribution < 1.29 is 62.9 Å². The molecule has 1 saturated heterocycles. The maximum atomic E-state index is 12.1. The van der Waals surface area contributed by atoms with Gasteiger partial charge in [0, 0.05) is 140 Å². The van der Waals surface area contributed by atoms with Gasteiger partial charge in [-0.15, -0.1) is 0 Å². The summed E-state index contributed by atoms with van der Waals surface area (Å²) in [5.41, 5.74) is 12.1. The van der Waals surface area contributed by atoms with Crippen molar-refractivity contribution in [3.63, 3.8) is 0 Å². The standard InChI is InChI=1S/2C12H13BrN4O3.C12H11BrN4O2.2C12H13BrN4O2.C11H11Br2N5O.CH4.B.H2O.3H2/c1-16-11(19)15-9-8-6(4-12(9,16)20)17-5(10(18)14-8)2-3-7(17)13;1-16-6(5-14-12(16)20)4-8-11(19)15-10(18)7-2-3-9(13)17(7)8;1-16-6-4-7-10(9(6)15-12(16)19)14-11(18)5-2-3-8(13)17(5)7;2*1-16-7(5-15-12(16)19)4-8-6-14-11(18)9-2-3-10(13)17(8)9;12-7-2-8-10(19)15-4-6(18(8)9(7)13)1-5-3-16-11(14)17-5;;;;;;/h2-3,6,8-9,20H,4H2,1H3,(H,14,18)(H,15,19);2-3,5,8,11,19H,4H2,1H3,(H,14,20)(H,15,18);2-3,7,9-10H,4H2,1H3,(H-,14,15,18,19);2*2-3,5,8H,4,6H2,1H3,(H,14,18)(H,15,19);2-3,6H,1,4H2,(H,15,19)(H3,14,16,17);1H4;;1H2;3*1H/p+1/t6-,8-,9+,12+;8-,11?;7-,9-,10-;2*8-;6-;;;;;;/m111110....../s1/i;;;;;;;;;3*1+1. The third-order valence-corrected chi connectivity index (χ3v) is 27.9. The minimum atomic E-state index is -1.27. The molecule has 0 spiro atoms. The summed E-state index contributed by atoms with van der Waals surface area (Å²) in [6.07, 6.45) is 9.39. The number of amides is 10. The van der Waals surface area contributed by atoms with Crippen molar-refractivity contribution in [3.8, 4) is 0 Å². The SMILES string of the molecule is C.CN1C(=O)N[C@H]2[C@@H]3NC(=O)c4ccc(Br)n4[C@@H]3C[C@]21O.C[N+]1=C2C[C@@H]3[C@@H](NC(=O)c4ccc(Br)n43)[C@@H]2NC1=O.Cn1c(C[C@@H]2C(O)NC(=O)c3ccc(Br)n32)c[nH]c1=O.Cn1c(C[C@@H]2CNC(=O)c3ccc(Br)n32)c[nH]c1=O.Cn1c(C[C@@H]2CNC(=O)c3ccc(Br)n32)c[nH]c1=O.Nc1ncc(C[C@H]2CNC(=O)c3cc(Br)c(Br)n32)[nH]1.O.[2HH].[2HH].[2HH].[B]. The summed E-state index contributed by atoms with van der Waals surface area (Å²) in [6, 6.07) is 18.4. The molecule has 3 fully saturated rings. The van der Waals surface area contributed by atoms with Gasteiger partial charge in [0.25, 0.3) is 35.4 Å². The van der Waals surface area contributed by atoms with Crippen LogP contribution in [0.3, 0.4) is 0 Å². The number of nitrogens with zero attached hydrogens (tertiary/aromatic N) is 12. The molecule has 0 bridgehead atoms. The number of aromatic nitrogens is 14. The molecule has 3 radical (unpaired) electrons. The van der Waals surface area contributed by atoms with Crippen LogP contribution < -0.4 is 65.3 Å². The minimum Gasteiger partial charge on any atom is -0.412 e. The van der Waals surface area contributed by atoms with Gasteiger partial charge in [0.2, 0.25) is 0 Å². The normalized spacial score (nSPS) is 23.8. The Bertz CT molecular complexity index is 5810. The maximum Gasteiger partial charge on any atom is 0.491 e. The van der Waals surface area contributed by atoms with Gasteiger partial charge in [-0.1, -0.05) is 7.43 Å². The van der Waals surface area contributed by atoms with Crippen LogP contribution in [0.4, 0.5) is 15.5 Å². The van der Waals surface area contributed by atoms with E-state index in [4.69, 9.17) is 5.73 Å². The number of nitrogens with one attached hydrogen (secondary N) is 12. The molecule has 635 valence electrons. The van der Waals surface area contributed by atoms with Crippen molar-refractivity contribution in [1.29, 1.82) is 0 Å². The van der Waals surface area contributed by atoms with Crippen LogP contribution in [-0.2, 0) is 46.8 Å². The Morgan fingerprint density at radius 1 is 0.529 bits per heavy atom. The number of H-pyrrole nitrogens is 4. The number of anilines is 1. The molecule has 1 unspecified atom stereocenters. The van der Waals surface area contributed by atoms with Gasteiger partial charge in [-0.2, -0.15) is 9.37 Å². The molecule has 10 aliphatic rings. The summed E-state index contributed by atoms with van der Waals surface area (Å²) in [7, 11) is 8.48. The van der Waals surface area contributed by atoms with Gasteiger partial charge in [0.1, 0.15) is 52.1 Å². The second-order valence-electron chi connectivity index (χ2n) is 29.1. The fourth-order valence-electron chi connectivity index (χ4n) is 16.7. The first-order chi connectivity index (χ1) is 55.2. The van der Waals surface area contributed by atoms with Crippen LogP contribution in [0.1, 0.15) is 147 Å². The first kappa shape index (κ1) is 88.5. The number of hydrogen-bond acceptors (Lipinski definition) is 15. The molecule has 18 N–H and O–H groups in total. The Morgan fingerprint density at radius 2 is 0.950 bits per heavy atom. The molecule has 0 aromatic carbocycles. The van der Waals surface area contributed by atoms with Crippen LogP contribution in [0.2, 0.25) is 0 Å². The number of likely N-dealkylation sites (N-methyl/N-ethyl adjacent to an activating group) is 1. The zero-order valence-electron chi connectivity index (χ0n) is 62.9. The monoisotopic (exact) mass is 2090 g/mol. The Kier molecular flexibility index (Phi) is 25.9. The number of aliphatic hydroxyl groups excluding tert-OH is 1. The second-order valence-corrected chi connectivity index (χ2v) is 34.8. The Labute approximate surface area is 740 Å². The van der Waals surface area contributed by atoms with Crippen LogP contribution >= 0.6 is 112 Å². The largest absolute Gasteiger partial charge is 0.491 e. The van der Waals surface area contributed by atoms with E-state index >= 15 is 0 Å².